The van der Waals surface area contributed by atoms with E-state index in [1.807, 2.05) is 6.07 Å². The second-order valence-corrected chi connectivity index (χ2v) is 6.87. The van der Waals surface area contributed by atoms with Crippen LogP contribution < -0.4 is 9.64 Å². The predicted molar refractivity (Wildman–Crippen MR) is 111 cm³/mol. The molecule has 8 heteroatoms. The Hall–Kier alpha value is -3.27. The lowest BCUT2D eigenvalue weighted by molar-refractivity contribution is -0.120. The summed E-state index contributed by atoms with van der Waals surface area (Å²) in [7, 11) is 0. The average molecular weight is 429 g/mol. The summed E-state index contributed by atoms with van der Waals surface area (Å²) in [5.74, 6) is -1.48. The van der Waals surface area contributed by atoms with Crippen molar-refractivity contribution in [1.82, 2.24) is 0 Å². The minimum absolute atomic E-state index is 0.0322. The van der Waals surface area contributed by atoms with Crippen LogP contribution >= 0.6 is 23.2 Å². The number of hydrogen-bond donors (Lipinski definition) is 1. The molecule has 0 radical (unpaired) electrons. The molecule has 0 spiro atoms. The fraction of sp³-hybridized carbons (Fsp3) is 0.0952. The standard InChI is InChI=1S/C21H14Cl2N2O4/c22-15-9-13-8-14(21(27)28)10-18(20(13)17(23)11-15)29-12-19(26)25(7-6-24)16-4-2-1-3-5-16/h1-5,8-11H,7,12H2,(H,27,28). The maximum absolute atomic E-state index is 12.7. The van der Waals surface area contributed by atoms with Gasteiger partial charge in [-0.3, -0.25) is 9.69 Å². The van der Waals surface area contributed by atoms with Gasteiger partial charge in [0.05, 0.1) is 16.7 Å². The number of nitrogens with zero attached hydrogens (tertiary/aromatic N) is 2. The number of carboxylic acids is 1. The number of nitriles is 1. The number of aromatic carboxylic acids is 1. The number of carboxylic acid groups (broad SMARTS) is 1. The first-order valence-corrected chi connectivity index (χ1v) is 9.17. The zero-order valence-electron chi connectivity index (χ0n) is 14.9. The lowest BCUT2D eigenvalue weighted by Crippen LogP contribution is -2.35. The smallest absolute Gasteiger partial charge is 0.335 e. The summed E-state index contributed by atoms with van der Waals surface area (Å²) in [6.45, 7) is -0.563. The third-order valence-electron chi connectivity index (χ3n) is 4.13. The van der Waals surface area contributed by atoms with E-state index in [0.717, 1.165) is 0 Å². The molecule has 0 aliphatic rings. The SMILES string of the molecule is N#CCN(C(=O)COc1cc(C(=O)O)cc2cc(Cl)cc(Cl)c12)c1ccccc1. The number of halogens is 2. The van der Waals surface area contributed by atoms with Crippen LogP contribution in [0.5, 0.6) is 5.75 Å². The first-order valence-electron chi connectivity index (χ1n) is 8.42. The fourth-order valence-corrected chi connectivity index (χ4v) is 3.45. The molecule has 3 aromatic carbocycles. The van der Waals surface area contributed by atoms with Gasteiger partial charge in [0.15, 0.2) is 6.61 Å². The lowest BCUT2D eigenvalue weighted by atomic mass is 10.1. The first-order chi connectivity index (χ1) is 13.9. The Morgan fingerprint density at radius 2 is 1.83 bits per heavy atom. The van der Waals surface area contributed by atoms with Gasteiger partial charge in [-0.1, -0.05) is 41.4 Å². The molecular weight excluding hydrogens is 415 g/mol. The Labute approximate surface area is 176 Å². The highest BCUT2D eigenvalue weighted by molar-refractivity contribution is 6.39. The molecule has 0 aliphatic carbocycles. The van der Waals surface area contributed by atoms with E-state index in [4.69, 9.17) is 33.2 Å². The minimum Gasteiger partial charge on any atom is -0.483 e. The molecule has 0 bridgehead atoms. The van der Waals surface area contributed by atoms with E-state index in [1.54, 1.807) is 36.4 Å². The average Bonchev–Trinajstić information content (AvgIpc) is 2.69. The number of fused-ring (bicyclic) bond motifs is 1. The highest BCUT2D eigenvalue weighted by Crippen LogP contribution is 2.36. The van der Waals surface area contributed by atoms with Crippen molar-refractivity contribution in [2.45, 2.75) is 0 Å². The van der Waals surface area contributed by atoms with Gasteiger partial charge in [0.25, 0.3) is 5.91 Å². The molecule has 0 aliphatic heterocycles. The van der Waals surface area contributed by atoms with Crippen LogP contribution in [0.3, 0.4) is 0 Å². The number of carbonyl (C=O) groups excluding carboxylic acids is 1. The van der Waals surface area contributed by atoms with Crippen LogP contribution in [0.1, 0.15) is 10.4 Å². The highest BCUT2D eigenvalue weighted by atomic mass is 35.5. The molecule has 1 amide bonds. The second-order valence-electron chi connectivity index (χ2n) is 6.03. The lowest BCUT2D eigenvalue weighted by Gasteiger charge is -2.20. The summed E-state index contributed by atoms with van der Waals surface area (Å²) < 4.78 is 5.65. The van der Waals surface area contributed by atoms with Crippen molar-refractivity contribution in [2.75, 3.05) is 18.1 Å². The van der Waals surface area contributed by atoms with E-state index in [9.17, 15) is 14.7 Å². The quantitative estimate of drug-likeness (QED) is 0.570. The molecule has 3 aromatic rings. The second kappa shape index (κ2) is 8.82. The molecule has 146 valence electrons. The summed E-state index contributed by atoms with van der Waals surface area (Å²) >= 11 is 12.3. The van der Waals surface area contributed by atoms with E-state index in [1.165, 1.54) is 23.1 Å². The maximum atomic E-state index is 12.7. The zero-order chi connectivity index (χ0) is 21.0. The van der Waals surface area contributed by atoms with Crippen LogP contribution in [0, 0.1) is 11.3 Å². The van der Waals surface area contributed by atoms with Crippen molar-refractivity contribution >= 4 is 51.5 Å². The molecule has 6 nitrogen and oxygen atoms in total. The number of benzene rings is 3. The summed E-state index contributed by atoms with van der Waals surface area (Å²) in [6.07, 6.45) is 0. The normalized spacial score (nSPS) is 10.4. The van der Waals surface area contributed by atoms with E-state index in [-0.39, 0.29) is 22.9 Å². The van der Waals surface area contributed by atoms with Crippen molar-refractivity contribution < 1.29 is 19.4 Å². The largest absolute Gasteiger partial charge is 0.483 e. The minimum atomic E-state index is -1.16. The Kier molecular flexibility index (Phi) is 6.23. The van der Waals surface area contributed by atoms with E-state index >= 15 is 0 Å². The van der Waals surface area contributed by atoms with Crippen LogP contribution in [-0.2, 0) is 4.79 Å². The Bertz CT molecular complexity index is 1130. The number of rotatable bonds is 6. The summed E-state index contributed by atoms with van der Waals surface area (Å²) in [5.41, 5.74) is 0.520. The van der Waals surface area contributed by atoms with Crippen molar-refractivity contribution in [3.8, 4) is 11.8 Å². The van der Waals surface area contributed by atoms with Gasteiger partial charge in [-0.05, 0) is 41.8 Å². The van der Waals surface area contributed by atoms with Crippen LogP contribution in [0.4, 0.5) is 5.69 Å². The van der Waals surface area contributed by atoms with Crippen LogP contribution in [0.25, 0.3) is 10.8 Å². The van der Waals surface area contributed by atoms with Crippen molar-refractivity contribution in [3.05, 3.63) is 70.2 Å². The third kappa shape index (κ3) is 4.60. The molecule has 0 saturated heterocycles. The van der Waals surface area contributed by atoms with Crippen LogP contribution in [0.15, 0.2) is 54.6 Å². The van der Waals surface area contributed by atoms with Crippen LogP contribution in [-0.4, -0.2) is 30.1 Å². The molecule has 0 atom stereocenters. The summed E-state index contributed by atoms with van der Waals surface area (Å²) in [4.78, 5) is 25.4. The number of para-hydroxylation sites is 1. The molecule has 0 fully saturated rings. The molecule has 3 rings (SSSR count). The molecule has 0 aromatic heterocycles. The van der Waals surface area contributed by atoms with Gasteiger partial charge >= 0.3 is 5.97 Å². The van der Waals surface area contributed by atoms with Gasteiger partial charge in [-0.2, -0.15) is 5.26 Å². The predicted octanol–water partition coefficient (Wildman–Crippen LogP) is 4.78. The zero-order valence-corrected chi connectivity index (χ0v) is 16.4. The highest BCUT2D eigenvalue weighted by Gasteiger charge is 2.19. The third-order valence-corrected chi connectivity index (χ3v) is 4.64. The van der Waals surface area contributed by atoms with Gasteiger partial charge in [0.1, 0.15) is 12.3 Å². The van der Waals surface area contributed by atoms with Gasteiger partial charge in [0.2, 0.25) is 0 Å². The Morgan fingerprint density at radius 3 is 2.48 bits per heavy atom. The molecule has 0 heterocycles. The Balaban J connectivity index is 1.94. The molecule has 29 heavy (non-hydrogen) atoms. The van der Waals surface area contributed by atoms with E-state index < -0.39 is 18.5 Å². The van der Waals surface area contributed by atoms with Crippen LogP contribution in [0.2, 0.25) is 10.0 Å². The molecule has 0 saturated carbocycles. The van der Waals surface area contributed by atoms with Crippen molar-refractivity contribution in [1.29, 1.82) is 5.26 Å². The number of anilines is 1. The summed E-state index contributed by atoms with van der Waals surface area (Å²) in [5, 5.41) is 19.9. The number of amides is 1. The molecule has 0 unspecified atom stereocenters. The van der Waals surface area contributed by atoms with Gasteiger partial charge < -0.3 is 9.84 Å². The fourth-order valence-electron chi connectivity index (χ4n) is 2.85. The van der Waals surface area contributed by atoms with Crippen molar-refractivity contribution in [2.24, 2.45) is 0 Å². The monoisotopic (exact) mass is 428 g/mol. The van der Waals surface area contributed by atoms with Gasteiger partial charge in [0, 0.05) is 16.1 Å². The number of hydrogen-bond acceptors (Lipinski definition) is 4. The maximum Gasteiger partial charge on any atom is 0.335 e. The van der Waals surface area contributed by atoms with Gasteiger partial charge in [-0.15, -0.1) is 0 Å². The number of carbonyl (C=O) groups is 2. The van der Waals surface area contributed by atoms with E-state index in [2.05, 4.69) is 0 Å². The summed E-state index contributed by atoms with van der Waals surface area (Å²) in [6, 6.07) is 16.5. The van der Waals surface area contributed by atoms with E-state index in [0.29, 0.717) is 21.5 Å². The first kappa shape index (κ1) is 20.5. The van der Waals surface area contributed by atoms with Gasteiger partial charge in [-0.25, -0.2) is 4.79 Å². The Morgan fingerprint density at radius 1 is 1.10 bits per heavy atom. The van der Waals surface area contributed by atoms with Crippen molar-refractivity contribution in [3.63, 3.8) is 0 Å². The number of ether oxygens (including phenoxy) is 1. The molecular formula is C21H14Cl2N2O4. The molecule has 1 N–H and O–H groups in total. The topological polar surface area (TPSA) is 90.6 Å².